The van der Waals surface area contributed by atoms with Gasteiger partial charge in [-0.2, -0.15) is 0 Å². The van der Waals surface area contributed by atoms with Crippen LogP contribution in [0.1, 0.15) is 5.56 Å². The Bertz CT molecular complexity index is 770. The summed E-state index contributed by atoms with van der Waals surface area (Å²) in [6.07, 6.45) is 0. The van der Waals surface area contributed by atoms with Crippen LogP contribution in [0, 0.1) is 15.9 Å². The summed E-state index contributed by atoms with van der Waals surface area (Å²) in [7, 11) is 1.68. The SMILES string of the molecule is CN(CC(=O)Nc1ccc(Cl)c([N+](=O)[O-])c1)Cc1ccccc1F. The summed E-state index contributed by atoms with van der Waals surface area (Å²) in [5.74, 6) is -0.705. The van der Waals surface area contributed by atoms with Gasteiger partial charge in [0.1, 0.15) is 10.8 Å². The fourth-order valence-electron chi connectivity index (χ4n) is 2.15. The van der Waals surface area contributed by atoms with Crippen LogP contribution >= 0.6 is 11.6 Å². The van der Waals surface area contributed by atoms with Gasteiger partial charge in [0.25, 0.3) is 5.69 Å². The molecule has 0 aliphatic carbocycles. The summed E-state index contributed by atoms with van der Waals surface area (Å²) < 4.78 is 13.6. The number of halogens is 2. The van der Waals surface area contributed by atoms with Gasteiger partial charge in [-0.05, 0) is 25.2 Å². The number of carbonyl (C=O) groups excluding carboxylic acids is 1. The molecule has 1 amide bonds. The first kappa shape index (κ1) is 17.8. The predicted molar refractivity (Wildman–Crippen MR) is 89.5 cm³/mol. The Morgan fingerprint density at radius 1 is 1.33 bits per heavy atom. The third kappa shape index (κ3) is 4.74. The highest BCUT2D eigenvalue weighted by atomic mass is 35.5. The van der Waals surface area contributed by atoms with Crippen molar-refractivity contribution >= 4 is 28.9 Å². The summed E-state index contributed by atoms with van der Waals surface area (Å²) >= 11 is 5.72. The number of benzene rings is 2. The summed E-state index contributed by atoms with van der Waals surface area (Å²) in [5, 5.41) is 13.4. The number of nitrogens with zero attached hydrogens (tertiary/aromatic N) is 2. The first-order valence-electron chi connectivity index (χ1n) is 7.02. The predicted octanol–water partition coefficient (Wildman–Crippen LogP) is 3.46. The van der Waals surface area contributed by atoms with Gasteiger partial charge in [-0.3, -0.25) is 19.8 Å². The zero-order valence-electron chi connectivity index (χ0n) is 12.8. The zero-order valence-corrected chi connectivity index (χ0v) is 13.6. The standard InChI is InChI=1S/C16H15ClFN3O3/c1-20(9-11-4-2-3-5-14(11)18)10-16(22)19-12-6-7-13(17)15(8-12)21(23)24/h2-8H,9-10H2,1H3,(H,19,22). The molecule has 0 radical (unpaired) electrons. The molecular weight excluding hydrogens is 337 g/mol. The van der Waals surface area contributed by atoms with E-state index in [4.69, 9.17) is 11.6 Å². The first-order valence-corrected chi connectivity index (χ1v) is 7.40. The lowest BCUT2D eigenvalue weighted by molar-refractivity contribution is -0.384. The van der Waals surface area contributed by atoms with Crippen LogP contribution in [0.25, 0.3) is 0 Å². The smallest absolute Gasteiger partial charge is 0.289 e. The van der Waals surface area contributed by atoms with E-state index in [1.54, 1.807) is 30.1 Å². The van der Waals surface area contributed by atoms with Gasteiger partial charge in [0.15, 0.2) is 0 Å². The topological polar surface area (TPSA) is 75.5 Å². The minimum atomic E-state index is -0.623. The van der Waals surface area contributed by atoms with E-state index in [1.165, 1.54) is 24.3 Å². The van der Waals surface area contributed by atoms with Gasteiger partial charge in [-0.25, -0.2) is 4.39 Å². The Kier molecular flexibility index (Phi) is 5.83. The van der Waals surface area contributed by atoms with Crippen molar-refractivity contribution in [3.63, 3.8) is 0 Å². The number of nitrogens with one attached hydrogen (secondary N) is 1. The van der Waals surface area contributed by atoms with Crippen LogP contribution < -0.4 is 5.32 Å². The molecule has 6 nitrogen and oxygen atoms in total. The number of rotatable bonds is 6. The monoisotopic (exact) mass is 351 g/mol. The number of amides is 1. The van der Waals surface area contributed by atoms with Crippen LogP contribution in [-0.4, -0.2) is 29.3 Å². The molecule has 1 N–H and O–H groups in total. The maximum absolute atomic E-state index is 13.6. The zero-order chi connectivity index (χ0) is 17.7. The van der Waals surface area contributed by atoms with Crippen molar-refractivity contribution in [1.82, 2.24) is 4.90 Å². The molecule has 2 aromatic carbocycles. The molecule has 0 spiro atoms. The molecule has 0 saturated carbocycles. The van der Waals surface area contributed by atoms with E-state index in [2.05, 4.69) is 5.32 Å². The van der Waals surface area contributed by atoms with Crippen molar-refractivity contribution < 1.29 is 14.1 Å². The molecule has 0 unspecified atom stereocenters. The highest BCUT2D eigenvalue weighted by Crippen LogP contribution is 2.27. The molecule has 0 aromatic heterocycles. The fourth-order valence-corrected chi connectivity index (χ4v) is 2.34. The van der Waals surface area contributed by atoms with Crippen molar-refractivity contribution in [2.45, 2.75) is 6.54 Å². The second-order valence-corrected chi connectivity index (χ2v) is 5.64. The molecule has 8 heteroatoms. The van der Waals surface area contributed by atoms with Crippen LogP contribution in [0.3, 0.4) is 0 Å². The molecular formula is C16H15ClFN3O3. The highest BCUT2D eigenvalue weighted by Gasteiger charge is 2.15. The van der Waals surface area contributed by atoms with Crippen molar-refractivity contribution in [2.75, 3.05) is 18.9 Å². The number of likely N-dealkylation sites (N-methyl/N-ethyl adjacent to an activating group) is 1. The van der Waals surface area contributed by atoms with Crippen molar-refractivity contribution in [3.05, 3.63) is 69.0 Å². The number of carbonyl (C=O) groups is 1. The third-order valence-electron chi connectivity index (χ3n) is 3.24. The van der Waals surface area contributed by atoms with E-state index in [-0.39, 0.29) is 41.2 Å². The van der Waals surface area contributed by atoms with Gasteiger partial charge in [-0.15, -0.1) is 0 Å². The first-order chi connectivity index (χ1) is 11.4. The molecule has 0 saturated heterocycles. The summed E-state index contributed by atoms with van der Waals surface area (Å²) in [6.45, 7) is 0.269. The Balaban J connectivity index is 1.97. The number of nitro groups is 1. The lowest BCUT2D eigenvalue weighted by Crippen LogP contribution is -2.30. The second kappa shape index (κ2) is 7.85. The van der Waals surface area contributed by atoms with E-state index >= 15 is 0 Å². The molecule has 0 fully saturated rings. The number of nitro benzene ring substituents is 1. The minimum Gasteiger partial charge on any atom is -0.325 e. The number of anilines is 1. The maximum atomic E-state index is 13.6. The van der Waals surface area contributed by atoms with E-state index in [0.717, 1.165) is 0 Å². The number of hydrogen-bond donors (Lipinski definition) is 1. The second-order valence-electron chi connectivity index (χ2n) is 5.24. The van der Waals surface area contributed by atoms with E-state index < -0.39 is 4.92 Å². The molecule has 0 bridgehead atoms. The van der Waals surface area contributed by atoms with Gasteiger partial charge in [0.05, 0.1) is 11.5 Å². The van der Waals surface area contributed by atoms with Crippen LogP contribution in [0.2, 0.25) is 5.02 Å². The van der Waals surface area contributed by atoms with Gasteiger partial charge in [-0.1, -0.05) is 29.8 Å². The Morgan fingerprint density at radius 3 is 2.71 bits per heavy atom. The largest absolute Gasteiger partial charge is 0.325 e. The van der Waals surface area contributed by atoms with Crippen LogP contribution in [-0.2, 0) is 11.3 Å². The van der Waals surface area contributed by atoms with E-state index in [1.807, 2.05) is 0 Å². The van der Waals surface area contributed by atoms with Gasteiger partial charge >= 0.3 is 0 Å². The molecule has 24 heavy (non-hydrogen) atoms. The normalized spacial score (nSPS) is 10.7. The van der Waals surface area contributed by atoms with Crippen LogP contribution in [0.4, 0.5) is 15.8 Å². The quantitative estimate of drug-likeness (QED) is 0.638. The third-order valence-corrected chi connectivity index (χ3v) is 3.56. The van der Waals surface area contributed by atoms with Crippen molar-refractivity contribution in [3.8, 4) is 0 Å². The molecule has 126 valence electrons. The van der Waals surface area contributed by atoms with Crippen molar-refractivity contribution in [2.24, 2.45) is 0 Å². The molecule has 0 aliphatic heterocycles. The summed E-state index contributed by atoms with van der Waals surface area (Å²) in [4.78, 5) is 23.9. The maximum Gasteiger partial charge on any atom is 0.289 e. The van der Waals surface area contributed by atoms with Crippen LogP contribution in [0.15, 0.2) is 42.5 Å². The molecule has 0 atom stereocenters. The van der Waals surface area contributed by atoms with E-state index in [9.17, 15) is 19.3 Å². The van der Waals surface area contributed by atoms with Crippen molar-refractivity contribution in [1.29, 1.82) is 0 Å². The lowest BCUT2D eigenvalue weighted by Gasteiger charge is -2.16. The van der Waals surface area contributed by atoms with Gasteiger partial charge < -0.3 is 5.32 Å². The van der Waals surface area contributed by atoms with E-state index in [0.29, 0.717) is 5.56 Å². The molecule has 0 aliphatic rings. The highest BCUT2D eigenvalue weighted by molar-refractivity contribution is 6.32. The average molecular weight is 352 g/mol. The van der Waals surface area contributed by atoms with Gasteiger partial charge in [0.2, 0.25) is 5.91 Å². The Morgan fingerprint density at radius 2 is 2.04 bits per heavy atom. The molecule has 2 aromatic rings. The molecule has 0 heterocycles. The minimum absolute atomic E-state index is 0.00472. The summed E-state index contributed by atoms with van der Waals surface area (Å²) in [5.41, 5.74) is 0.472. The lowest BCUT2D eigenvalue weighted by atomic mass is 10.2. The Hall–Kier alpha value is -2.51. The van der Waals surface area contributed by atoms with Crippen LogP contribution in [0.5, 0.6) is 0 Å². The van der Waals surface area contributed by atoms with Gasteiger partial charge in [0, 0.05) is 23.9 Å². The fraction of sp³-hybridized carbons (Fsp3) is 0.188. The average Bonchev–Trinajstić information content (AvgIpc) is 2.51. The Labute approximate surface area is 143 Å². The summed E-state index contributed by atoms with van der Waals surface area (Å²) in [6, 6.07) is 10.3. The molecule has 2 rings (SSSR count). The number of hydrogen-bond acceptors (Lipinski definition) is 4.